The van der Waals surface area contributed by atoms with Gasteiger partial charge in [0.25, 0.3) is 0 Å². The van der Waals surface area contributed by atoms with Crippen LogP contribution >= 0.6 is 11.8 Å². The zero-order chi connectivity index (χ0) is 18.4. The molecule has 1 aromatic carbocycles. The summed E-state index contributed by atoms with van der Waals surface area (Å²) in [5.74, 6) is 2.70. The molecule has 0 aliphatic carbocycles. The van der Waals surface area contributed by atoms with Crippen molar-refractivity contribution < 1.29 is 0 Å². The minimum atomic E-state index is 0.668. The highest BCUT2D eigenvalue weighted by Gasteiger charge is 2.27. The van der Waals surface area contributed by atoms with Crippen LogP contribution in [0.15, 0.2) is 29.3 Å². The predicted molar refractivity (Wildman–Crippen MR) is 115 cm³/mol. The number of hydrogen-bond acceptors (Lipinski definition) is 5. The maximum Gasteiger partial charge on any atom is 0.136 e. The fourth-order valence-corrected chi connectivity index (χ4v) is 5.79. The van der Waals surface area contributed by atoms with Gasteiger partial charge in [-0.2, -0.15) is 0 Å². The van der Waals surface area contributed by atoms with Crippen LogP contribution in [0.2, 0.25) is 0 Å². The van der Waals surface area contributed by atoms with Crippen molar-refractivity contribution in [3.8, 4) is 0 Å². The molecule has 142 valence electrons. The number of pyridine rings is 1. The SMILES string of the molecule is Cc1cc(C2CN(C)C2)cc2c1SCc1c(N3CCCCC3)ccnc1N2. The fourth-order valence-electron chi connectivity index (χ4n) is 4.67. The number of aryl methyl sites for hydroxylation is 1. The quantitative estimate of drug-likeness (QED) is 0.812. The molecule has 2 aromatic rings. The molecule has 27 heavy (non-hydrogen) atoms. The number of likely N-dealkylation sites (N-methyl/N-ethyl adjacent to an activating group) is 1. The number of thioether (sulfide) groups is 1. The zero-order valence-electron chi connectivity index (χ0n) is 16.3. The zero-order valence-corrected chi connectivity index (χ0v) is 17.1. The van der Waals surface area contributed by atoms with Crippen LogP contribution in [0.4, 0.5) is 17.2 Å². The van der Waals surface area contributed by atoms with Gasteiger partial charge in [-0.05, 0) is 56.5 Å². The highest BCUT2D eigenvalue weighted by Crippen LogP contribution is 2.44. The van der Waals surface area contributed by atoms with Gasteiger partial charge in [0.2, 0.25) is 0 Å². The maximum atomic E-state index is 4.72. The van der Waals surface area contributed by atoms with Crippen LogP contribution in [-0.4, -0.2) is 43.1 Å². The van der Waals surface area contributed by atoms with E-state index in [1.807, 2.05) is 18.0 Å². The number of hydrogen-bond donors (Lipinski definition) is 1. The molecule has 0 radical (unpaired) electrons. The number of fused-ring (bicyclic) bond motifs is 2. The van der Waals surface area contributed by atoms with E-state index in [0.717, 1.165) is 11.6 Å². The van der Waals surface area contributed by atoms with Crippen molar-refractivity contribution in [2.75, 3.05) is 43.4 Å². The van der Waals surface area contributed by atoms with Crippen LogP contribution in [0.5, 0.6) is 0 Å². The summed E-state index contributed by atoms with van der Waals surface area (Å²) in [6.07, 6.45) is 5.94. The second-order valence-corrected chi connectivity index (χ2v) is 9.24. The highest BCUT2D eigenvalue weighted by molar-refractivity contribution is 7.98. The monoisotopic (exact) mass is 380 g/mol. The predicted octanol–water partition coefficient (Wildman–Crippen LogP) is 4.76. The number of aromatic nitrogens is 1. The summed E-state index contributed by atoms with van der Waals surface area (Å²) in [6, 6.07) is 6.99. The standard InChI is InChI=1S/C22H28N4S/c1-15-10-16(17-12-25(2)13-17)11-19-21(15)27-14-18-20(6-7-23-22(18)24-19)26-8-4-3-5-9-26/h6-7,10-11,17H,3-5,8-9,12-14H2,1-2H3,(H,23,24). The van der Waals surface area contributed by atoms with Gasteiger partial charge in [0.1, 0.15) is 5.82 Å². The summed E-state index contributed by atoms with van der Waals surface area (Å²) in [5.41, 5.74) is 6.84. The van der Waals surface area contributed by atoms with Gasteiger partial charge in [-0.3, -0.25) is 0 Å². The fraction of sp³-hybridized carbons (Fsp3) is 0.500. The van der Waals surface area contributed by atoms with Gasteiger partial charge in [-0.15, -0.1) is 11.8 Å². The van der Waals surface area contributed by atoms with Crippen LogP contribution < -0.4 is 10.2 Å². The topological polar surface area (TPSA) is 31.4 Å². The summed E-state index contributed by atoms with van der Waals surface area (Å²) in [7, 11) is 2.20. The van der Waals surface area contributed by atoms with E-state index < -0.39 is 0 Å². The molecule has 4 heterocycles. The Balaban J connectivity index is 1.49. The van der Waals surface area contributed by atoms with Gasteiger partial charge < -0.3 is 15.1 Å². The van der Waals surface area contributed by atoms with Gasteiger partial charge in [0.15, 0.2) is 0 Å². The van der Waals surface area contributed by atoms with Crippen molar-refractivity contribution in [3.05, 3.63) is 41.1 Å². The van der Waals surface area contributed by atoms with Gasteiger partial charge >= 0.3 is 0 Å². The van der Waals surface area contributed by atoms with E-state index in [-0.39, 0.29) is 0 Å². The van der Waals surface area contributed by atoms with Crippen molar-refractivity contribution in [2.45, 2.75) is 42.8 Å². The molecular weight excluding hydrogens is 352 g/mol. The third-order valence-corrected chi connectivity index (χ3v) is 7.44. The summed E-state index contributed by atoms with van der Waals surface area (Å²) < 4.78 is 0. The molecule has 0 amide bonds. The lowest BCUT2D eigenvalue weighted by atomic mass is 9.90. The van der Waals surface area contributed by atoms with E-state index in [1.165, 1.54) is 78.4 Å². The molecule has 0 spiro atoms. The summed E-state index contributed by atoms with van der Waals surface area (Å²) in [4.78, 5) is 11.1. The summed E-state index contributed by atoms with van der Waals surface area (Å²) in [5, 5.41) is 3.71. The highest BCUT2D eigenvalue weighted by atomic mass is 32.2. The maximum absolute atomic E-state index is 4.72. The summed E-state index contributed by atoms with van der Waals surface area (Å²) in [6.45, 7) is 6.94. The van der Waals surface area contributed by atoms with Crippen LogP contribution in [0.1, 0.15) is 41.9 Å². The average molecular weight is 381 g/mol. The Kier molecular flexibility index (Phi) is 4.52. The van der Waals surface area contributed by atoms with Crippen LogP contribution in [-0.2, 0) is 5.75 Å². The molecule has 5 heteroatoms. The molecule has 2 fully saturated rings. The Bertz CT molecular complexity index is 854. The molecule has 3 aliphatic rings. The van der Waals surface area contributed by atoms with Crippen molar-refractivity contribution in [3.63, 3.8) is 0 Å². The molecule has 1 aromatic heterocycles. The Morgan fingerprint density at radius 2 is 1.96 bits per heavy atom. The molecule has 5 rings (SSSR count). The van der Waals surface area contributed by atoms with Gasteiger partial charge in [-0.1, -0.05) is 6.07 Å². The van der Waals surface area contributed by atoms with Gasteiger partial charge in [0.05, 0.1) is 5.69 Å². The van der Waals surface area contributed by atoms with E-state index in [1.54, 1.807) is 0 Å². The number of nitrogens with zero attached hydrogens (tertiary/aromatic N) is 3. The van der Waals surface area contributed by atoms with E-state index in [0.29, 0.717) is 5.92 Å². The number of piperidine rings is 1. The minimum Gasteiger partial charge on any atom is -0.371 e. The molecule has 0 bridgehead atoms. The van der Waals surface area contributed by atoms with Crippen molar-refractivity contribution >= 4 is 29.0 Å². The number of likely N-dealkylation sites (tertiary alicyclic amines) is 1. The molecule has 1 N–H and O–H groups in total. The largest absolute Gasteiger partial charge is 0.371 e. The molecule has 3 aliphatic heterocycles. The first-order valence-electron chi connectivity index (χ1n) is 10.1. The number of nitrogens with one attached hydrogen (secondary N) is 1. The van der Waals surface area contributed by atoms with Crippen LogP contribution in [0.25, 0.3) is 0 Å². The first-order chi connectivity index (χ1) is 13.2. The smallest absolute Gasteiger partial charge is 0.136 e. The number of benzene rings is 1. The molecule has 0 unspecified atom stereocenters. The third kappa shape index (κ3) is 3.21. The van der Waals surface area contributed by atoms with E-state index in [9.17, 15) is 0 Å². The molecule has 0 saturated carbocycles. The van der Waals surface area contributed by atoms with Crippen LogP contribution in [0, 0.1) is 6.92 Å². The first-order valence-corrected chi connectivity index (χ1v) is 11.1. The van der Waals surface area contributed by atoms with E-state index in [4.69, 9.17) is 4.98 Å². The number of rotatable bonds is 2. The minimum absolute atomic E-state index is 0.668. The normalized spacial score (nSPS) is 20.3. The van der Waals surface area contributed by atoms with Gasteiger partial charge in [-0.25, -0.2) is 4.98 Å². The van der Waals surface area contributed by atoms with Gasteiger partial charge in [0, 0.05) is 60.2 Å². The Labute approximate surface area is 166 Å². The Morgan fingerprint density at radius 3 is 2.74 bits per heavy atom. The lowest BCUT2D eigenvalue weighted by Crippen LogP contribution is -2.41. The van der Waals surface area contributed by atoms with E-state index >= 15 is 0 Å². The van der Waals surface area contributed by atoms with Crippen molar-refractivity contribution in [1.29, 1.82) is 0 Å². The van der Waals surface area contributed by atoms with E-state index in [2.05, 4.69) is 47.3 Å². The average Bonchev–Trinajstić information content (AvgIpc) is 2.85. The Hall–Kier alpha value is -1.72. The third-order valence-electron chi connectivity index (χ3n) is 6.17. The molecular formula is C22H28N4S. The first kappa shape index (κ1) is 17.4. The lowest BCUT2D eigenvalue weighted by Gasteiger charge is -2.37. The molecule has 0 atom stereocenters. The second-order valence-electron chi connectivity index (χ2n) is 8.25. The molecule has 2 saturated heterocycles. The van der Waals surface area contributed by atoms with Crippen LogP contribution in [0.3, 0.4) is 0 Å². The Morgan fingerprint density at radius 1 is 1.15 bits per heavy atom. The lowest BCUT2D eigenvalue weighted by molar-refractivity contribution is 0.189. The van der Waals surface area contributed by atoms with Crippen molar-refractivity contribution in [2.24, 2.45) is 0 Å². The summed E-state index contributed by atoms with van der Waals surface area (Å²) >= 11 is 1.96. The second kappa shape index (κ2) is 7.02. The van der Waals surface area contributed by atoms with Crippen molar-refractivity contribution in [1.82, 2.24) is 9.88 Å². The molecule has 4 nitrogen and oxygen atoms in total. The number of anilines is 3.